The summed E-state index contributed by atoms with van der Waals surface area (Å²) in [6.45, 7) is 6.27. The Hall–Kier alpha value is -4.77. The number of ether oxygens (including phenoxy) is 1. The Morgan fingerprint density at radius 2 is 1.75 bits per heavy atom. The number of pyridine rings is 1. The second kappa shape index (κ2) is 13.7. The number of nitrogens with two attached hydrogens (primary N) is 1. The zero-order chi connectivity index (χ0) is 35.1. The summed E-state index contributed by atoms with van der Waals surface area (Å²) in [7, 11) is 0. The maximum atomic E-state index is 14.0. The zero-order valence-electron chi connectivity index (χ0n) is 29.2. The monoisotopic (exact) mass is 691 g/mol. The second-order valence-electron chi connectivity index (χ2n) is 14.8. The lowest BCUT2D eigenvalue weighted by Gasteiger charge is -2.47. The molecule has 266 valence electrons. The third kappa shape index (κ3) is 6.26. The number of halogens is 1. The minimum atomic E-state index is -0.718. The molecule has 4 aromatic rings. The summed E-state index contributed by atoms with van der Waals surface area (Å²) < 4.78 is 20.4. The molecule has 1 amide bonds. The highest BCUT2D eigenvalue weighted by atomic mass is 19.1. The molecule has 3 fully saturated rings. The summed E-state index contributed by atoms with van der Waals surface area (Å²) in [6, 6.07) is 17.3. The Morgan fingerprint density at radius 3 is 2.55 bits per heavy atom. The van der Waals surface area contributed by atoms with E-state index in [9.17, 15) is 14.3 Å². The number of nitrogen functional groups attached to an aromatic ring is 1. The fourth-order valence-corrected chi connectivity index (χ4v) is 8.96. The number of hydrogen-bond donors (Lipinski definition) is 3. The molecule has 0 bridgehead atoms. The molecule has 11 heteroatoms. The fourth-order valence-electron chi connectivity index (χ4n) is 8.96. The lowest BCUT2D eigenvalue weighted by Crippen LogP contribution is -2.61. The van der Waals surface area contributed by atoms with Crippen LogP contribution in [-0.4, -0.2) is 75.5 Å². The van der Waals surface area contributed by atoms with Crippen molar-refractivity contribution in [3.05, 3.63) is 77.7 Å². The van der Waals surface area contributed by atoms with E-state index in [-0.39, 0.29) is 17.3 Å². The normalized spacial score (nSPS) is 24.4. The first kappa shape index (κ1) is 33.4. The molecule has 3 aliphatic heterocycles. The van der Waals surface area contributed by atoms with Crippen molar-refractivity contribution in [2.24, 2.45) is 0 Å². The zero-order valence-corrected chi connectivity index (χ0v) is 29.2. The number of carbonyl (C=O) groups is 1. The van der Waals surface area contributed by atoms with E-state index >= 15 is 0 Å². The third-order valence-electron chi connectivity index (χ3n) is 11.9. The molecule has 0 unspecified atom stereocenters. The summed E-state index contributed by atoms with van der Waals surface area (Å²) >= 11 is 0. The highest BCUT2D eigenvalue weighted by Crippen LogP contribution is 2.47. The largest absolute Gasteiger partial charge is 0.504 e. The molecule has 8 rings (SSSR count). The molecule has 1 atom stereocenters. The number of nitrogens with zero attached hydrogens (tertiary/aromatic N) is 5. The van der Waals surface area contributed by atoms with Crippen LogP contribution < -0.4 is 20.7 Å². The number of nitrogens with one attached hydrogen (secondary N) is 1. The molecule has 4 aliphatic rings. The quantitative estimate of drug-likeness (QED) is 0.210. The molecule has 2 saturated heterocycles. The van der Waals surface area contributed by atoms with Crippen LogP contribution in [0.1, 0.15) is 81.3 Å². The van der Waals surface area contributed by atoms with Crippen molar-refractivity contribution in [3.8, 4) is 34.0 Å². The molecule has 10 nitrogen and oxygen atoms in total. The second-order valence-corrected chi connectivity index (χ2v) is 14.8. The number of benzene rings is 2. The molecule has 2 aromatic carbocycles. The predicted octanol–water partition coefficient (Wildman–Crippen LogP) is 6.41. The van der Waals surface area contributed by atoms with Gasteiger partial charge in [-0.25, -0.2) is 4.39 Å². The van der Waals surface area contributed by atoms with Gasteiger partial charge in [0.15, 0.2) is 17.4 Å². The van der Waals surface area contributed by atoms with Gasteiger partial charge in [0.05, 0.1) is 23.6 Å². The van der Waals surface area contributed by atoms with E-state index in [1.807, 2.05) is 6.20 Å². The number of amides is 1. The Labute approximate surface area is 298 Å². The Morgan fingerprint density at radius 1 is 0.941 bits per heavy atom. The summed E-state index contributed by atoms with van der Waals surface area (Å²) in [5.74, 6) is 1.01. The van der Waals surface area contributed by atoms with Crippen LogP contribution in [0.15, 0.2) is 60.8 Å². The first-order valence-electron chi connectivity index (χ1n) is 18.4. The highest BCUT2D eigenvalue weighted by Gasteiger charge is 2.44. The minimum absolute atomic E-state index is 0.120. The maximum Gasteiger partial charge on any atom is 0.245 e. The predicted molar refractivity (Wildman–Crippen MR) is 195 cm³/mol. The van der Waals surface area contributed by atoms with Crippen molar-refractivity contribution in [2.75, 3.05) is 43.4 Å². The Kier molecular flexibility index (Phi) is 9.00. The smallest absolute Gasteiger partial charge is 0.245 e. The Balaban J connectivity index is 0.908. The number of piperidine rings is 2. The van der Waals surface area contributed by atoms with Crippen LogP contribution >= 0.6 is 0 Å². The minimum Gasteiger partial charge on any atom is -0.504 e. The molecular weight excluding hydrogens is 645 g/mol. The van der Waals surface area contributed by atoms with Crippen molar-refractivity contribution in [3.63, 3.8) is 0 Å². The molecule has 1 aliphatic carbocycles. The van der Waals surface area contributed by atoms with Gasteiger partial charge in [-0.05, 0) is 131 Å². The lowest BCUT2D eigenvalue weighted by atomic mass is 9.79. The van der Waals surface area contributed by atoms with E-state index in [2.05, 4.69) is 67.6 Å². The molecule has 2 aromatic heterocycles. The number of aromatic nitrogens is 3. The average Bonchev–Trinajstić information content (AvgIpc) is 3.17. The first-order valence-corrected chi connectivity index (χ1v) is 18.4. The van der Waals surface area contributed by atoms with Crippen LogP contribution in [-0.2, 0) is 4.79 Å². The van der Waals surface area contributed by atoms with E-state index in [1.54, 1.807) is 12.1 Å². The molecule has 0 spiro atoms. The number of aromatic hydroxyl groups is 1. The number of carbonyl (C=O) groups excluding carboxylic acids is 1. The van der Waals surface area contributed by atoms with Crippen molar-refractivity contribution >= 4 is 17.4 Å². The van der Waals surface area contributed by atoms with Crippen molar-refractivity contribution in [1.29, 1.82) is 0 Å². The van der Waals surface area contributed by atoms with E-state index in [0.717, 1.165) is 76.1 Å². The number of anilines is 2. The van der Waals surface area contributed by atoms with Gasteiger partial charge in [0.25, 0.3) is 0 Å². The average molecular weight is 692 g/mol. The van der Waals surface area contributed by atoms with Crippen LogP contribution in [0.25, 0.3) is 22.5 Å². The van der Waals surface area contributed by atoms with E-state index in [4.69, 9.17) is 10.5 Å². The van der Waals surface area contributed by atoms with Gasteiger partial charge in [-0.15, -0.1) is 10.2 Å². The summed E-state index contributed by atoms with van der Waals surface area (Å²) in [4.78, 5) is 22.6. The van der Waals surface area contributed by atoms with Crippen molar-refractivity contribution in [1.82, 2.24) is 25.4 Å². The third-order valence-corrected chi connectivity index (χ3v) is 11.9. The number of likely N-dealkylation sites (tertiary alicyclic amines) is 1. The van der Waals surface area contributed by atoms with Gasteiger partial charge >= 0.3 is 0 Å². The summed E-state index contributed by atoms with van der Waals surface area (Å²) in [6.07, 6.45) is 10.4. The fraction of sp³-hybridized carbons (Fsp3) is 0.450. The van der Waals surface area contributed by atoms with Crippen LogP contribution in [0.3, 0.4) is 0 Å². The van der Waals surface area contributed by atoms with Crippen LogP contribution in [0, 0.1) is 5.82 Å². The van der Waals surface area contributed by atoms with E-state index < -0.39 is 17.1 Å². The van der Waals surface area contributed by atoms with E-state index in [1.165, 1.54) is 36.1 Å². The van der Waals surface area contributed by atoms with Gasteiger partial charge in [-0.3, -0.25) is 9.78 Å². The van der Waals surface area contributed by atoms with Gasteiger partial charge < -0.3 is 30.7 Å². The SMILES string of the molecule is C[C@@]1(N2CCOc3c2cccc3[C@H]2CC[C@H](N3CCC(c4ccnc(-c5cc(-c6cccc(F)c6O)nnc5N)c4)CC3)CC2)CCCNC1=O. The number of phenolic OH excluding ortho intramolecular Hbond substituents is 1. The lowest BCUT2D eigenvalue weighted by molar-refractivity contribution is -0.127. The van der Waals surface area contributed by atoms with Gasteiger partial charge in [0.1, 0.15) is 17.9 Å². The maximum absolute atomic E-state index is 14.0. The number of para-hydroxylation sites is 2. The standard InChI is InChI=1S/C40H46FN7O3/c1-40(16-4-17-44-39(40)50)48-21-22-51-37-29(5-3-8-35(37)48)26-9-11-28(12-10-26)47-19-14-25(15-20-47)27-13-18-43-33(23-27)31-24-34(45-46-38(31)42)30-6-2-7-32(41)36(30)49/h2-3,5-8,13,18,23-26,28,49H,4,9-12,14-17,19-22H2,1H3,(H2,42,46)(H,44,50)/t26-,28-,40-/m1/s1. The molecule has 51 heavy (non-hydrogen) atoms. The molecule has 0 radical (unpaired) electrons. The van der Waals surface area contributed by atoms with Crippen molar-refractivity contribution < 1.29 is 19.0 Å². The van der Waals surface area contributed by atoms with Gasteiger partial charge in [-0.2, -0.15) is 0 Å². The highest BCUT2D eigenvalue weighted by molar-refractivity contribution is 5.91. The summed E-state index contributed by atoms with van der Waals surface area (Å²) in [5, 5.41) is 21.6. The van der Waals surface area contributed by atoms with Gasteiger partial charge in [0.2, 0.25) is 5.91 Å². The van der Waals surface area contributed by atoms with Gasteiger partial charge in [-0.1, -0.05) is 18.2 Å². The van der Waals surface area contributed by atoms with Crippen LogP contribution in [0.4, 0.5) is 15.9 Å². The van der Waals surface area contributed by atoms with E-state index in [0.29, 0.717) is 41.4 Å². The number of rotatable bonds is 6. The number of fused-ring (bicyclic) bond motifs is 1. The van der Waals surface area contributed by atoms with Crippen molar-refractivity contribution in [2.45, 2.75) is 81.7 Å². The Bertz CT molecular complexity index is 1920. The van der Waals surface area contributed by atoms with Crippen LogP contribution in [0.5, 0.6) is 11.5 Å². The molecule has 5 heterocycles. The van der Waals surface area contributed by atoms with Gasteiger partial charge in [0, 0.05) is 29.9 Å². The van der Waals surface area contributed by atoms with Crippen LogP contribution in [0.2, 0.25) is 0 Å². The first-order chi connectivity index (χ1) is 24.8. The summed E-state index contributed by atoms with van der Waals surface area (Å²) in [5.41, 5.74) is 11.2. The molecule has 1 saturated carbocycles. The molecule has 4 N–H and O–H groups in total. The number of phenols is 1. The number of hydrogen-bond acceptors (Lipinski definition) is 9. The topological polar surface area (TPSA) is 130 Å². The molecular formula is C40H46FN7O3.